The molecule has 22 heavy (non-hydrogen) atoms. The van der Waals surface area contributed by atoms with Crippen LogP contribution in [0, 0.1) is 5.92 Å². The molecule has 0 radical (unpaired) electrons. The number of fused-ring (bicyclic) bond motifs is 1. The lowest BCUT2D eigenvalue weighted by Gasteiger charge is -2.19. The number of hydrogen-bond donors (Lipinski definition) is 2. The molecule has 1 heterocycles. The van der Waals surface area contributed by atoms with Gasteiger partial charge in [-0.3, -0.25) is 9.78 Å². The van der Waals surface area contributed by atoms with Gasteiger partial charge in [-0.25, -0.2) is 4.98 Å². The standard InChI is InChI=1S/C15H18N4O.2ClH/c16-8-10-4-3-7-11(10)19-15(20)14-9-17-12-5-1-2-6-13(12)18-14;;/h1-2,5-6,9-11H,3-4,7-8,16H2,(H,19,20);2*1H. The van der Waals surface area contributed by atoms with E-state index in [0.29, 0.717) is 18.2 Å². The van der Waals surface area contributed by atoms with Crippen LogP contribution in [0.4, 0.5) is 0 Å². The fraction of sp³-hybridized carbons (Fsp3) is 0.400. The van der Waals surface area contributed by atoms with E-state index in [1.807, 2.05) is 24.3 Å². The van der Waals surface area contributed by atoms with Crippen molar-refractivity contribution in [2.45, 2.75) is 25.3 Å². The lowest BCUT2D eigenvalue weighted by molar-refractivity contribution is 0.0923. The van der Waals surface area contributed by atoms with Crippen LogP contribution in [0.5, 0.6) is 0 Å². The second-order valence-electron chi connectivity index (χ2n) is 5.25. The van der Waals surface area contributed by atoms with Gasteiger partial charge in [-0.05, 0) is 37.4 Å². The van der Waals surface area contributed by atoms with Crippen LogP contribution in [0.15, 0.2) is 30.5 Å². The van der Waals surface area contributed by atoms with E-state index in [-0.39, 0.29) is 36.8 Å². The molecule has 5 nitrogen and oxygen atoms in total. The number of carbonyl (C=O) groups excluding carboxylic acids is 1. The van der Waals surface area contributed by atoms with Gasteiger partial charge in [0.1, 0.15) is 5.69 Å². The summed E-state index contributed by atoms with van der Waals surface area (Å²) in [5.74, 6) is 0.223. The summed E-state index contributed by atoms with van der Waals surface area (Å²) in [6, 6.07) is 7.70. The lowest BCUT2D eigenvalue weighted by atomic mass is 10.0. The van der Waals surface area contributed by atoms with Gasteiger partial charge in [0.25, 0.3) is 5.91 Å². The van der Waals surface area contributed by atoms with Gasteiger partial charge < -0.3 is 11.1 Å². The molecule has 1 aliphatic carbocycles. The van der Waals surface area contributed by atoms with Crippen LogP contribution in [-0.4, -0.2) is 28.5 Å². The second-order valence-corrected chi connectivity index (χ2v) is 5.25. The molecule has 3 rings (SSSR count). The van der Waals surface area contributed by atoms with Crippen LogP contribution in [0.3, 0.4) is 0 Å². The summed E-state index contributed by atoms with van der Waals surface area (Å²) in [7, 11) is 0. The van der Waals surface area contributed by atoms with E-state index in [2.05, 4.69) is 15.3 Å². The fourth-order valence-corrected chi connectivity index (χ4v) is 2.82. The van der Waals surface area contributed by atoms with Crippen molar-refractivity contribution < 1.29 is 4.79 Å². The van der Waals surface area contributed by atoms with Crippen molar-refractivity contribution in [3.63, 3.8) is 0 Å². The summed E-state index contributed by atoms with van der Waals surface area (Å²) in [4.78, 5) is 20.9. The number of nitrogens with one attached hydrogen (secondary N) is 1. The number of para-hydroxylation sites is 2. The highest BCUT2D eigenvalue weighted by molar-refractivity contribution is 5.94. The molecule has 2 aromatic rings. The van der Waals surface area contributed by atoms with Gasteiger partial charge in [-0.1, -0.05) is 18.6 Å². The Morgan fingerprint density at radius 3 is 2.68 bits per heavy atom. The first kappa shape index (κ1) is 18.6. The number of nitrogens with two attached hydrogens (primary N) is 1. The summed E-state index contributed by atoms with van der Waals surface area (Å²) in [6.45, 7) is 0.619. The summed E-state index contributed by atoms with van der Waals surface area (Å²) in [5, 5.41) is 3.04. The number of aromatic nitrogens is 2. The number of nitrogens with zero attached hydrogens (tertiary/aromatic N) is 2. The molecule has 1 aromatic carbocycles. The molecular weight excluding hydrogens is 323 g/mol. The maximum atomic E-state index is 12.3. The molecule has 3 N–H and O–H groups in total. The normalized spacial score (nSPS) is 20.0. The molecule has 1 aromatic heterocycles. The van der Waals surface area contributed by atoms with Crippen LogP contribution in [0.25, 0.3) is 11.0 Å². The first-order valence-electron chi connectivity index (χ1n) is 7.00. The van der Waals surface area contributed by atoms with Crippen molar-refractivity contribution >= 4 is 41.8 Å². The number of hydrogen-bond acceptors (Lipinski definition) is 4. The molecular formula is C15H20Cl2N4O. The number of benzene rings is 1. The van der Waals surface area contributed by atoms with E-state index in [0.717, 1.165) is 30.3 Å². The Labute approximate surface area is 141 Å². The van der Waals surface area contributed by atoms with E-state index in [4.69, 9.17) is 5.73 Å². The van der Waals surface area contributed by atoms with Gasteiger partial charge in [0.15, 0.2) is 0 Å². The van der Waals surface area contributed by atoms with Crippen LogP contribution in [-0.2, 0) is 0 Å². The molecule has 1 saturated carbocycles. The quantitative estimate of drug-likeness (QED) is 0.896. The zero-order chi connectivity index (χ0) is 13.9. The fourth-order valence-electron chi connectivity index (χ4n) is 2.82. The monoisotopic (exact) mass is 342 g/mol. The third-order valence-electron chi connectivity index (χ3n) is 3.96. The largest absolute Gasteiger partial charge is 0.348 e. The number of carbonyl (C=O) groups is 1. The molecule has 1 amide bonds. The molecule has 0 aliphatic heterocycles. The molecule has 120 valence electrons. The summed E-state index contributed by atoms with van der Waals surface area (Å²) >= 11 is 0. The Bertz CT molecular complexity index is 638. The average molecular weight is 343 g/mol. The number of halogens is 2. The van der Waals surface area contributed by atoms with Crippen LogP contribution in [0.1, 0.15) is 29.8 Å². The molecule has 1 aliphatic rings. The Morgan fingerprint density at radius 2 is 1.95 bits per heavy atom. The first-order valence-corrected chi connectivity index (χ1v) is 7.00. The Kier molecular flexibility index (Phi) is 7.00. The van der Waals surface area contributed by atoms with Crippen molar-refractivity contribution in [1.82, 2.24) is 15.3 Å². The molecule has 0 spiro atoms. The molecule has 1 fully saturated rings. The maximum absolute atomic E-state index is 12.3. The lowest BCUT2D eigenvalue weighted by Crippen LogP contribution is -2.40. The van der Waals surface area contributed by atoms with Crippen LogP contribution in [0.2, 0.25) is 0 Å². The molecule has 0 saturated heterocycles. The zero-order valence-electron chi connectivity index (χ0n) is 12.1. The van der Waals surface area contributed by atoms with E-state index in [1.165, 1.54) is 6.20 Å². The molecule has 0 bridgehead atoms. The van der Waals surface area contributed by atoms with Crippen molar-refractivity contribution in [3.05, 3.63) is 36.2 Å². The minimum absolute atomic E-state index is 0. The minimum Gasteiger partial charge on any atom is -0.348 e. The first-order chi connectivity index (χ1) is 9.78. The van der Waals surface area contributed by atoms with Crippen molar-refractivity contribution in [3.8, 4) is 0 Å². The van der Waals surface area contributed by atoms with Crippen molar-refractivity contribution in [1.29, 1.82) is 0 Å². The highest BCUT2D eigenvalue weighted by atomic mass is 35.5. The maximum Gasteiger partial charge on any atom is 0.271 e. The third kappa shape index (κ3) is 3.85. The molecule has 2 atom stereocenters. The van der Waals surface area contributed by atoms with Gasteiger partial charge in [0, 0.05) is 6.04 Å². The van der Waals surface area contributed by atoms with Crippen LogP contribution >= 0.6 is 24.8 Å². The summed E-state index contributed by atoms with van der Waals surface area (Å²) < 4.78 is 0. The van der Waals surface area contributed by atoms with Crippen LogP contribution < -0.4 is 11.1 Å². The summed E-state index contributed by atoms with van der Waals surface area (Å²) in [6.07, 6.45) is 4.74. The van der Waals surface area contributed by atoms with Gasteiger partial charge in [-0.15, -0.1) is 24.8 Å². The zero-order valence-corrected chi connectivity index (χ0v) is 13.7. The predicted octanol–water partition coefficient (Wildman–Crippen LogP) is 2.33. The summed E-state index contributed by atoms with van der Waals surface area (Å²) in [5.41, 5.74) is 7.63. The van der Waals surface area contributed by atoms with Gasteiger partial charge in [0.05, 0.1) is 17.2 Å². The topological polar surface area (TPSA) is 80.9 Å². The highest BCUT2D eigenvalue weighted by Gasteiger charge is 2.27. The van der Waals surface area contributed by atoms with Gasteiger partial charge in [0.2, 0.25) is 0 Å². The van der Waals surface area contributed by atoms with E-state index < -0.39 is 0 Å². The number of amides is 1. The van der Waals surface area contributed by atoms with Crippen molar-refractivity contribution in [2.75, 3.05) is 6.54 Å². The highest BCUT2D eigenvalue weighted by Crippen LogP contribution is 2.24. The van der Waals surface area contributed by atoms with Gasteiger partial charge in [-0.2, -0.15) is 0 Å². The average Bonchev–Trinajstić information content (AvgIpc) is 2.94. The van der Waals surface area contributed by atoms with Gasteiger partial charge >= 0.3 is 0 Å². The van der Waals surface area contributed by atoms with E-state index in [9.17, 15) is 4.79 Å². The number of rotatable bonds is 3. The Hall–Kier alpha value is -1.43. The molecule has 2 unspecified atom stereocenters. The minimum atomic E-state index is -0.159. The Balaban J connectivity index is 0.00000121. The second kappa shape index (κ2) is 8.27. The molecule has 7 heteroatoms. The smallest absolute Gasteiger partial charge is 0.271 e. The Morgan fingerprint density at radius 1 is 1.23 bits per heavy atom. The van der Waals surface area contributed by atoms with E-state index >= 15 is 0 Å². The predicted molar refractivity (Wildman–Crippen MR) is 91.7 cm³/mol. The van der Waals surface area contributed by atoms with Crippen molar-refractivity contribution in [2.24, 2.45) is 11.7 Å². The van der Waals surface area contributed by atoms with E-state index in [1.54, 1.807) is 0 Å². The SMILES string of the molecule is Cl.Cl.NCC1CCCC1NC(=O)c1cnc2ccccc2n1. The third-order valence-corrected chi connectivity index (χ3v) is 3.96.